The highest BCUT2D eigenvalue weighted by Gasteiger charge is 2.31. The summed E-state index contributed by atoms with van der Waals surface area (Å²) in [6, 6.07) is 0. The van der Waals surface area contributed by atoms with Crippen molar-refractivity contribution < 1.29 is 14.3 Å². The molecule has 0 aromatic carbocycles. The molecule has 1 rings (SSSR count). The fraction of sp³-hybridized carbons (Fsp3) is 0.714. The van der Waals surface area contributed by atoms with Crippen LogP contribution in [0.1, 0.15) is 58.3 Å². The number of hydrogen-bond donors (Lipinski definition) is 0. The van der Waals surface area contributed by atoms with E-state index in [1.54, 1.807) is 0 Å². The van der Waals surface area contributed by atoms with Gasteiger partial charge in [-0.3, -0.25) is 9.59 Å². The second kappa shape index (κ2) is 8.04. The zero-order valence-electron chi connectivity index (χ0n) is 10.6. The van der Waals surface area contributed by atoms with Gasteiger partial charge in [0.05, 0.1) is 12.3 Å². The number of esters is 2. The summed E-state index contributed by atoms with van der Waals surface area (Å²) in [5.41, 5.74) is 0. The summed E-state index contributed by atoms with van der Waals surface area (Å²) in [5, 5.41) is 0. The summed E-state index contributed by atoms with van der Waals surface area (Å²) in [6.45, 7) is 2.21. The first-order valence-electron chi connectivity index (χ1n) is 6.63. The number of allylic oxidation sites excluding steroid dienone is 2. The third-order valence-corrected chi connectivity index (χ3v) is 3.02. The largest absolute Gasteiger partial charge is 0.393 e. The molecular formula is C14H22O3. The minimum absolute atomic E-state index is 0.237. The number of carbonyl (C=O) groups excluding carboxylic acids is 2. The summed E-state index contributed by atoms with van der Waals surface area (Å²) in [7, 11) is 0. The lowest BCUT2D eigenvalue weighted by atomic mass is 10.0. The van der Waals surface area contributed by atoms with Crippen molar-refractivity contribution in [2.24, 2.45) is 5.92 Å². The molecule has 3 heteroatoms. The van der Waals surface area contributed by atoms with Crippen molar-refractivity contribution in [3.05, 3.63) is 12.2 Å². The molecule has 1 aliphatic rings. The first-order valence-corrected chi connectivity index (χ1v) is 6.63. The summed E-state index contributed by atoms with van der Waals surface area (Å²) in [5.74, 6) is -0.977. The SMILES string of the molecule is CCCCCCC/C=C/CC1CC(=O)OC1=O. The number of hydrogen-bond acceptors (Lipinski definition) is 3. The molecule has 0 radical (unpaired) electrons. The highest BCUT2D eigenvalue weighted by Crippen LogP contribution is 2.19. The molecule has 0 spiro atoms. The van der Waals surface area contributed by atoms with Gasteiger partial charge >= 0.3 is 11.9 Å². The van der Waals surface area contributed by atoms with E-state index in [0.29, 0.717) is 6.42 Å². The van der Waals surface area contributed by atoms with Gasteiger partial charge in [-0.05, 0) is 19.3 Å². The lowest BCUT2D eigenvalue weighted by Crippen LogP contribution is -2.05. The van der Waals surface area contributed by atoms with Gasteiger partial charge in [-0.2, -0.15) is 0 Å². The van der Waals surface area contributed by atoms with Crippen LogP contribution in [-0.2, 0) is 14.3 Å². The number of ether oxygens (including phenoxy) is 1. The van der Waals surface area contributed by atoms with Crippen molar-refractivity contribution in [2.75, 3.05) is 0 Å². The van der Waals surface area contributed by atoms with Crippen LogP contribution in [0.15, 0.2) is 12.2 Å². The molecule has 1 atom stereocenters. The van der Waals surface area contributed by atoms with E-state index in [9.17, 15) is 9.59 Å². The van der Waals surface area contributed by atoms with Crippen LogP contribution in [-0.4, -0.2) is 11.9 Å². The van der Waals surface area contributed by atoms with Gasteiger partial charge in [-0.1, -0.05) is 44.8 Å². The Balaban J connectivity index is 2.02. The van der Waals surface area contributed by atoms with Crippen LogP contribution < -0.4 is 0 Å². The highest BCUT2D eigenvalue weighted by atomic mass is 16.6. The molecule has 0 aliphatic carbocycles. The molecule has 3 nitrogen and oxygen atoms in total. The molecule has 1 fully saturated rings. The molecule has 1 aliphatic heterocycles. The van der Waals surface area contributed by atoms with Crippen LogP contribution in [0.5, 0.6) is 0 Å². The number of cyclic esters (lactones) is 2. The number of carbonyl (C=O) groups is 2. The quantitative estimate of drug-likeness (QED) is 0.282. The molecule has 0 aromatic heterocycles. The average Bonchev–Trinajstić information content (AvgIpc) is 2.61. The van der Waals surface area contributed by atoms with Gasteiger partial charge in [0.2, 0.25) is 0 Å². The Hall–Kier alpha value is -1.12. The van der Waals surface area contributed by atoms with Crippen molar-refractivity contribution in [1.82, 2.24) is 0 Å². The summed E-state index contributed by atoms with van der Waals surface area (Å²) in [6.07, 6.45) is 12.5. The van der Waals surface area contributed by atoms with E-state index in [1.807, 2.05) is 6.08 Å². The third kappa shape index (κ3) is 5.66. The molecule has 0 N–H and O–H groups in total. The van der Waals surface area contributed by atoms with E-state index in [-0.39, 0.29) is 24.3 Å². The second-order valence-corrected chi connectivity index (χ2v) is 4.60. The van der Waals surface area contributed by atoms with Gasteiger partial charge < -0.3 is 4.74 Å². The normalized spacial score (nSPS) is 20.2. The summed E-state index contributed by atoms with van der Waals surface area (Å²) in [4.78, 5) is 22.0. The molecule has 0 aromatic rings. The Morgan fingerprint density at radius 3 is 2.59 bits per heavy atom. The van der Waals surface area contributed by atoms with Gasteiger partial charge in [0.1, 0.15) is 0 Å². The molecule has 1 heterocycles. The smallest absolute Gasteiger partial charge is 0.317 e. The van der Waals surface area contributed by atoms with Gasteiger partial charge in [-0.15, -0.1) is 0 Å². The topological polar surface area (TPSA) is 43.4 Å². The van der Waals surface area contributed by atoms with Crippen molar-refractivity contribution >= 4 is 11.9 Å². The molecule has 96 valence electrons. The first kappa shape index (κ1) is 13.9. The maximum atomic E-state index is 11.1. The number of unbranched alkanes of at least 4 members (excludes halogenated alkanes) is 5. The lowest BCUT2D eigenvalue weighted by Gasteiger charge is -1.98. The Kier molecular flexibility index (Phi) is 6.60. The Labute approximate surface area is 103 Å². The molecule has 0 bridgehead atoms. The van der Waals surface area contributed by atoms with E-state index >= 15 is 0 Å². The lowest BCUT2D eigenvalue weighted by molar-refractivity contribution is -0.153. The van der Waals surface area contributed by atoms with Crippen molar-refractivity contribution in [3.8, 4) is 0 Å². The van der Waals surface area contributed by atoms with Crippen LogP contribution in [0.2, 0.25) is 0 Å². The summed E-state index contributed by atoms with van der Waals surface area (Å²) < 4.78 is 4.48. The van der Waals surface area contributed by atoms with Crippen LogP contribution in [0.4, 0.5) is 0 Å². The molecule has 1 saturated heterocycles. The summed E-state index contributed by atoms with van der Waals surface area (Å²) >= 11 is 0. The Morgan fingerprint density at radius 2 is 1.94 bits per heavy atom. The maximum absolute atomic E-state index is 11.1. The zero-order chi connectivity index (χ0) is 12.5. The molecular weight excluding hydrogens is 216 g/mol. The Morgan fingerprint density at radius 1 is 1.18 bits per heavy atom. The standard InChI is InChI=1S/C14H22O3/c1-2-3-4-5-6-7-8-9-10-12-11-13(15)17-14(12)16/h8-9,12H,2-7,10-11H2,1H3/b9-8+. The third-order valence-electron chi connectivity index (χ3n) is 3.02. The fourth-order valence-electron chi connectivity index (χ4n) is 1.95. The van der Waals surface area contributed by atoms with Crippen molar-refractivity contribution in [1.29, 1.82) is 0 Å². The van der Waals surface area contributed by atoms with Crippen molar-refractivity contribution in [3.63, 3.8) is 0 Å². The van der Waals surface area contributed by atoms with E-state index in [0.717, 1.165) is 6.42 Å². The highest BCUT2D eigenvalue weighted by molar-refractivity contribution is 5.94. The van der Waals surface area contributed by atoms with E-state index < -0.39 is 0 Å². The van der Waals surface area contributed by atoms with Gasteiger partial charge in [0.25, 0.3) is 0 Å². The minimum Gasteiger partial charge on any atom is -0.393 e. The van der Waals surface area contributed by atoms with Gasteiger partial charge in [-0.25, -0.2) is 0 Å². The maximum Gasteiger partial charge on any atom is 0.317 e. The minimum atomic E-state index is -0.382. The van der Waals surface area contributed by atoms with E-state index in [4.69, 9.17) is 0 Å². The number of rotatable bonds is 8. The first-order chi connectivity index (χ1) is 8.24. The predicted octanol–water partition coefficient (Wildman–Crippen LogP) is 3.38. The molecule has 17 heavy (non-hydrogen) atoms. The van der Waals surface area contributed by atoms with E-state index in [1.165, 1.54) is 32.1 Å². The van der Waals surface area contributed by atoms with Crippen molar-refractivity contribution in [2.45, 2.75) is 58.3 Å². The van der Waals surface area contributed by atoms with Crippen LogP contribution in [0.25, 0.3) is 0 Å². The van der Waals surface area contributed by atoms with Crippen LogP contribution in [0, 0.1) is 5.92 Å². The molecule has 0 amide bonds. The van der Waals surface area contributed by atoms with Crippen LogP contribution >= 0.6 is 0 Å². The molecule has 0 saturated carbocycles. The van der Waals surface area contributed by atoms with Crippen LogP contribution in [0.3, 0.4) is 0 Å². The predicted molar refractivity (Wildman–Crippen MR) is 66.3 cm³/mol. The zero-order valence-corrected chi connectivity index (χ0v) is 10.6. The molecule has 1 unspecified atom stereocenters. The second-order valence-electron chi connectivity index (χ2n) is 4.60. The van der Waals surface area contributed by atoms with Gasteiger partial charge in [0, 0.05) is 0 Å². The fourth-order valence-corrected chi connectivity index (χ4v) is 1.95. The monoisotopic (exact) mass is 238 g/mol. The Bertz CT molecular complexity index is 281. The van der Waals surface area contributed by atoms with Gasteiger partial charge in [0.15, 0.2) is 0 Å². The average molecular weight is 238 g/mol. The van der Waals surface area contributed by atoms with E-state index in [2.05, 4.69) is 17.7 Å².